The fraction of sp³-hybridized carbons (Fsp3) is 0.435. The van der Waals surface area contributed by atoms with Gasteiger partial charge in [-0.25, -0.2) is 13.1 Å². The van der Waals surface area contributed by atoms with Gasteiger partial charge in [-0.05, 0) is 56.5 Å². The summed E-state index contributed by atoms with van der Waals surface area (Å²) in [5.74, 6) is 0.388. The highest BCUT2D eigenvalue weighted by atomic mass is 32.2. The summed E-state index contributed by atoms with van der Waals surface area (Å²) < 4.78 is 27.0. The summed E-state index contributed by atoms with van der Waals surface area (Å²) in [4.78, 5) is 13.9. The van der Waals surface area contributed by atoms with Crippen LogP contribution in [-0.2, 0) is 21.4 Å². The lowest BCUT2D eigenvalue weighted by Gasteiger charge is -2.21. The summed E-state index contributed by atoms with van der Waals surface area (Å²) in [7, 11) is -1.55. The van der Waals surface area contributed by atoms with Gasteiger partial charge in [-0.1, -0.05) is 38.1 Å². The van der Waals surface area contributed by atoms with Gasteiger partial charge in [0.05, 0.1) is 11.9 Å². The number of likely N-dealkylation sites (N-methyl/N-ethyl adjacent to an activating group) is 1. The first-order chi connectivity index (χ1) is 14.0. The average molecular weight is 433 g/mol. The topological polar surface area (TPSA) is 79.7 Å². The van der Waals surface area contributed by atoms with Gasteiger partial charge in [0, 0.05) is 17.3 Å². The number of quaternary nitrogens is 1. The van der Waals surface area contributed by atoms with Crippen LogP contribution < -0.4 is 14.9 Å². The second kappa shape index (κ2) is 10.2. The van der Waals surface area contributed by atoms with Gasteiger partial charge < -0.3 is 10.2 Å². The SMILES string of the molecule is CC(C)NS(=O)(=O)c1ccc(NC(=O)[C@H](C)[NH+](C)Cc2ccc(C(C)C)cc2)cc1. The second-order valence-corrected chi connectivity index (χ2v) is 10.1. The number of carbonyl (C=O) groups excluding carboxylic acids is 1. The largest absolute Gasteiger partial charge is 0.324 e. The molecular weight excluding hydrogens is 398 g/mol. The maximum atomic E-state index is 12.7. The highest BCUT2D eigenvalue weighted by molar-refractivity contribution is 7.89. The van der Waals surface area contributed by atoms with E-state index in [9.17, 15) is 13.2 Å². The van der Waals surface area contributed by atoms with Crippen molar-refractivity contribution in [3.8, 4) is 0 Å². The molecule has 30 heavy (non-hydrogen) atoms. The van der Waals surface area contributed by atoms with Crippen LogP contribution in [0, 0.1) is 0 Å². The van der Waals surface area contributed by atoms with Crippen LogP contribution in [0.5, 0.6) is 0 Å². The van der Waals surface area contributed by atoms with E-state index in [1.165, 1.54) is 23.3 Å². The molecule has 164 valence electrons. The van der Waals surface area contributed by atoms with E-state index in [1.807, 2.05) is 14.0 Å². The van der Waals surface area contributed by atoms with Gasteiger partial charge in [-0.2, -0.15) is 0 Å². The van der Waals surface area contributed by atoms with Crippen LogP contribution in [0.15, 0.2) is 53.4 Å². The monoisotopic (exact) mass is 432 g/mol. The lowest BCUT2D eigenvalue weighted by atomic mass is 10.0. The number of rotatable bonds is 9. The maximum absolute atomic E-state index is 12.7. The fourth-order valence-corrected chi connectivity index (χ4v) is 4.32. The highest BCUT2D eigenvalue weighted by Crippen LogP contribution is 2.15. The van der Waals surface area contributed by atoms with E-state index >= 15 is 0 Å². The molecule has 0 bridgehead atoms. The molecule has 2 rings (SSSR count). The Kier molecular flexibility index (Phi) is 8.18. The Morgan fingerprint density at radius 2 is 1.50 bits per heavy atom. The van der Waals surface area contributed by atoms with Crippen molar-refractivity contribution < 1.29 is 18.1 Å². The molecular formula is C23H34N3O3S+. The van der Waals surface area contributed by atoms with Crippen LogP contribution in [0.2, 0.25) is 0 Å². The van der Waals surface area contributed by atoms with Crippen molar-refractivity contribution in [2.75, 3.05) is 12.4 Å². The Balaban J connectivity index is 1.97. The van der Waals surface area contributed by atoms with Crippen LogP contribution in [0.3, 0.4) is 0 Å². The zero-order chi connectivity index (χ0) is 22.5. The van der Waals surface area contributed by atoms with Crippen LogP contribution >= 0.6 is 0 Å². The number of amides is 1. The number of hydrogen-bond acceptors (Lipinski definition) is 3. The zero-order valence-corrected chi connectivity index (χ0v) is 19.5. The summed E-state index contributed by atoms with van der Waals surface area (Å²) in [5.41, 5.74) is 3.06. The minimum atomic E-state index is -3.54. The summed E-state index contributed by atoms with van der Waals surface area (Å²) >= 11 is 0. The summed E-state index contributed by atoms with van der Waals surface area (Å²) in [6.07, 6.45) is 0. The normalized spacial score (nSPS) is 14.0. The predicted molar refractivity (Wildman–Crippen MR) is 121 cm³/mol. The third-order valence-corrected chi connectivity index (χ3v) is 6.76. The number of benzene rings is 2. The van der Waals surface area contributed by atoms with Gasteiger partial charge in [0.1, 0.15) is 6.54 Å². The minimum Gasteiger partial charge on any atom is -0.324 e. The number of nitrogens with one attached hydrogen (secondary N) is 3. The Morgan fingerprint density at radius 1 is 0.933 bits per heavy atom. The van der Waals surface area contributed by atoms with Crippen molar-refractivity contribution in [2.24, 2.45) is 0 Å². The van der Waals surface area contributed by atoms with Crippen molar-refractivity contribution in [1.82, 2.24) is 4.72 Å². The first kappa shape index (κ1) is 24.1. The molecule has 0 fully saturated rings. The fourth-order valence-electron chi connectivity index (χ4n) is 3.07. The molecule has 0 aliphatic heterocycles. The molecule has 0 saturated heterocycles. The van der Waals surface area contributed by atoms with Gasteiger partial charge in [0.25, 0.3) is 5.91 Å². The molecule has 0 aliphatic rings. The highest BCUT2D eigenvalue weighted by Gasteiger charge is 2.22. The molecule has 1 unspecified atom stereocenters. The van der Waals surface area contributed by atoms with E-state index in [1.54, 1.807) is 26.0 Å². The van der Waals surface area contributed by atoms with Gasteiger partial charge >= 0.3 is 0 Å². The summed E-state index contributed by atoms with van der Waals surface area (Å²) in [6.45, 7) is 10.5. The zero-order valence-electron chi connectivity index (χ0n) is 18.7. The molecule has 0 heterocycles. The molecule has 0 aromatic heterocycles. The number of hydrogen-bond donors (Lipinski definition) is 3. The Hall–Kier alpha value is -2.22. The van der Waals surface area contributed by atoms with Crippen LogP contribution in [0.25, 0.3) is 0 Å². The van der Waals surface area contributed by atoms with E-state index < -0.39 is 10.0 Å². The van der Waals surface area contributed by atoms with Gasteiger partial charge in [0.2, 0.25) is 10.0 Å². The standard InChI is InChI=1S/C23H33N3O3S/c1-16(2)20-9-7-19(8-10-20)15-26(6)18(5)23(27)24-21-11-13-22(14-12-21)30(28,29)25-17(3)4/h7-14,16-18,25H,15H2,1-6H3,(H,24,27)/p+1/t18-/m0/s1. The average Bonchev–Trinajstić information content (AvgIpc) is 2.67. The number of anilines is 1. The Labute approximate surface area is 180 Å². The van der Waals surface area contributed by atoms with Crippen molar-refractivity contribution in [3.63, 3.8) is 0 Å². The van der Waals surface area contributed by atoms with Crippen molar-refractivity contribution >= 4 is 21.6 Å². The quantitative estimate of drug-likeness (QED) is 0.570. The van der Waals surface area contributed by atoms with Gasteiger partial charge in [-0.3, -0.25) is 4.79 Å². The van der Waals surface area contributed by atoms with Crippen LogP contribution in [0.1, 0.15) is 51.7 Å². The molecule has 0 radical (unpaired) electrons. The van der Waals surface area contributed by atoms with E-state index in [2.05, 4.69) is 48.2 Å². The molecule has 6 nitrogen and oxygen atoms in total. The van der Waals surface area contributed by atoms with Crippen molar-refractivity contribution in [3.05, 3.63) is 59.7 Å². The Morgan fingerprint density at radius 3 is 2.00 bits per heavy atom. The van der Waals surface area contributed by atoms with E-state index in [-0.39, 0.29) is 22.9 Å². The van der Waals surface area contributed by atoms with E-state index in [0.717, 1.165) is 11.4 Å². The van der Waals surface area contributed by atoms with Crippen molar-refractivity contribution in [2.45, 2.75) is 64.1 Å². The molecule has 3 N–H and O–H groups in total. The molecule has 0 spiro atoms. The van der Waals surface area contributed by atoms with Gasteiger partial charge in [-0.15, -0.1) is 0 Å². The molecule has 1 amide bonds. The van der Waals surface area contributed by atoms with Crippen molar-refractivity contribution in [1.29, 1.82) is 0 Å². The summed E-state index contributed by atoms with van der Waals surface area (Å²) in [6, 6.07) is 14.3. The number of sulfonamides is 1. The number of carbonyl (C=O) groups is 1. The minimum absolute atomic E-state index is 0.109. The third-order valence-electron chi connectivity index (χ3n) is 5.08. The molecule has 2 aromatic carbocycles. The first-order valence-corrected chi connectivity index (χ1v) is 11.8. The first-order valence-electron chi connectivity index (χ1n) is 10.3. The predicted octanol–water partition coefficient (Wildman–Crippen LogP) is 2.54. The molecule has 7 heteroatoms. The molecule has 0 aliphatic carbocycles. The van der Waals surface area contributed by atoms with E-state index in [0.29, 0.717) is 11.6 Å². The smallest absolute Gasteiger partial charge is 0.282 e. The van der Waals surface area contributed by atoms with Crippen LogP contribution in [-0.4, -0.2) is 33.5 Å². The third kappa shape index (κ3) is 6.65. The lowest BCUT2D eigenvalue weighted by Crippen LogP contribution is -3.12. The maximum Gasteiger partial charge on any atom is 0.282 e. The van der Waals surface area contributed by atoms with E-state index in [4.69, 9.17) is 0 Å². The Bertz CT molecular complexity index is 937. The molecule has 0 saturated carbocycles. The summed E-state index contributed by atoms with van der Waals surface area (Å²) in [5, 5.41) is 2.88. The second-order valence-electron chi connectivity index (χ2n) is 8.43. The van der Waals surface area contributed by atoms with Gasteiger partial charge in [0.15, 0.2) is 6.04 Å². The molecule has 2 atom stereocenters. The van der Waals surface area contributed by atoms with Crippen LogP contribution in [0.4, 0.5) is 5.69 Å². The molecule has 2 aromatic rings. The lowest BCUT2D eigenvalue weighted by molar-refractivity contribution is -0.907.